The maximum absolute atomic E-state index is 5.90. The molecule has 1 heterocycles. The molecule has 0 fully saturated rings. The highest BCUT2D eigenvalue weighted by Gasteiger charge is 2.17. The fourth-order valence-corrected chi connectivity index (χ4v) is 2.51. The quantitative estimate of drug-likeness (QED) is 0.883. The number of benzene rings is 1. The van der Waals surface area contributed by atoms with E-state index in [2.05, 4.69) is 6.07 Å². The minimum absolute atomic E-state index is 0.534. The number of nitrogens with two attached hydrogens (primary N) is 1. The van der Waals surface area contributed by atoms with E-state index >= 15 is 0 Å². The lowest BCUT2D eigenvalue weighted by Crippen LogP contribution is -2.10. The van der Waals surface area contributed by atoms with Crippen LogP contribution in [0.4, 0.5) is 0 Å². The van der Waals surface area contributed by atoms with Crippen LogP contribution in [0.5, 0.6) is 5.75 Å². The lowest BCUT2D eigenvalue weighted by molar-refractivity contribution is 0.328. The van der Waals surface area contributed by atoms with Gasteiger partial charge < -0.3 is 14.9 Å². The van der Waals surface area contributed by atoms with Gasteiger partial charge in [-0.2, -0.15) is 0 Å². The molecular weight excluding hydrogens is 214 g/mol. The van der Waals surface area contributed by atoms with Crippen LogP contribution in [-0.2, 0) is 12.8 Å². The Labute approximate surface area is 101 Å². The molecule has 0 bridgehead atoms. The SMILES string of the molecule is NCCOc1ccc2c3c(oc2c1)CCCC3. The first-order valence-electron chi connectivity index (χ1n) is 6.25. The molecule has 0 saturated carbocycles. The molecule has 2 aromatic rings. The molecule has 0 saturated heterocycles. The Balaban J connectivity index is 1.99. The second-order valence-corrected chi connectivity index (χ2v) is 4.51. The molecule has 0 atom stereocenters. The zero-order chi connectivity index (χ0) is 11.7. The van der Waals surface area contributed by atoms with Crippen molar-refractivity contribution in [2.75, 3.05) is 13.2 Å². The smallest absolute Gasteiger partial charge is 0.138 e. The van der Waals surface area contributed by atoms with Crippen LogP contribution in [0, 0.1) is 0 Å². The minimum Gasteiger partial charge on any atom is -0.492 e. The predicted molar refractivity (Wildman–Crippen MR) is 67.4 cm³/mol. The highest BCUT2D eigenvalue weighted by atomic mass is 16.5. The van der Waals surface area contributed by atoms with E-state index in [0.717, 1.165) is 24.2 Å². The van der Waals surface area contributed by atoms with Crippen LogP contribution in [0.25, 0.3) is 11.0 Å². The van der Waals surface area contributed by atoms with Crippen molar-refractivity contribution in [2.24, 2.45) is 5.73 Å². The van der Waals surface area contributed by atoms with Crippen molar-refractivity contribution in [3.63, 3.8) is 0 Å². The summed E-state index contributed by atoms with van der Waals surface area (Å²) in [5.74, 6) is 2.01. The van der Waals surface area contributed by atoms with Gasteiger partial charge in [-0.3, -0.25) is 0 Å². The molecule has 0 spiro atoms. The van der Waals surface area contributed by atoms with Crippen LogP contribution >= 0.6 is 0 Å². The van der Waals surface area contributed by atoms with E-state index in [1.54, 1.807) is 0 Å². The van der Waals surface area contributed by atoms with Gasteiger partial charge >= 0.3 is 0 Å². The van der Waals surface area contributed by atoms with Crippen molar-refractivity contribution in [2.45, 2.75) is 25.7 Å². The summed E-state index contributed by atoms with van der Waals surface area (Å²) in [5.41, 5.74) is 7.77. The fraction of sp³-hybridized carbons (Fsp3) is 0.429. The van der Waals surface area contributed by atoms with Crippen molar-refractivity contribution < 1.29 is 9.15 Å². The number of ether oxygens (including phenoxy) is 1. The summed E-state index contributed by atoms with van der Waals surface area (Å²) in [7, 11) is 0. The van der Waals surface area contributed by atoms with Gasteiger partial charge in [0.15, 0.2) is 0 Å². The summed E-state index contributed by atoms with van der Waals surface area (Å²) >= 11 is 0. The second-order valence-electron chi connectivity index (χ2n) is 4.51. The Hall–Kier alpha value is -1.48. The van der Waals surface area contributed by atoms with Crippen molar-refractivity contribution in [3.05, 3.63) is 29.5 Å². The first-order chi connectivity index (χ1) is 8.38. The van der Waals surface area contributed by atoms with E-state index in [0.29, 0.717) is 13.2 Å². The van der Waals surface area contributed by atoms with Gasteiger partial charge in [0.05, 0.1) is 0 Å². The van der Waals surface area contributed by atoms with E-state index in [1.165, 1.54) is 29.6 Å². The average Bonchev–Trinajstić information content (AvgIpc) is 2.74. The normalized spacial score (nSPS) is 14.9. The lowest BCUT2D eigenvalue weighted by atomic mass is 9.96. The second kappa shape index (κ2) is 4.41. The van der Waals surface area contributed by atoms with Crippen molar-refractivity contribution in [1.29, 1.82) is 0 Å². The molecular formula is C14H17NO2. The first kappa shape index (κ1) is 10.7. The topological polar surface area (TPSA) is 48.4 Å². The van der Waals surface area contributed by atoms with E-state index in [-0.39, 0.29) is 0 Å². The molecule has 1 aliphatic carbocycles. The van der Waals surface area contributed by atoms with Gasteiger partial charge in [0.1, 0.15) is 23.7 Å². The van der Waals surface area contributed by atoms with Gasteiger partial charge in [-0.15, -0.1) is 0 Å². The van der Waals surface area contributed by atoms with Gasteiger partial charge in [0, 0.05) is 30.0 Å². The maximum atomic E-state index is 5.90. The highest BCUT2D eigenvalue weighted by molar-refractivity contribution is 5.83. The van der Waals surface area contributed by atoms with Crippen LogP contribution < -0.4 is 10.5 Å². The summed E-state index contributed by atoms with van der Waals surface area (Å²) in [6.45, 7) is 1.08. The molecule has 3 heteroatoms. The van der Waals surface area contributed by atoms with Gasteiger partial charge in [0.25, 0.3) is 0 Å². The molecule has 1 aliphatic rings. The number of fused-ring (bicyclic) bond motifs is 3. The van der Waals surface area contributed by atoms with E-state index in [1.807, 2.05) is 12.1 Å². The summed E-state index contributed by atoms with van der Waals surface area (Å²) in [6.07, 6.45) is 4.73. The molecule has 0 amide bonds. The van der Waals surface area contributed by atoms with Gasteiger partial charge in [-0.25, -0.2) is 0 Å². The van der Waals surface area contributed by atoms with E-state index in [9.17, 15) is 0 Å². The van der Waals surface area contributed by atoms with Crippen molar-refractivity contribution in [1.82, 2.24) is 0 Å². The molecule has 3 rings (SSSR count). The summed E-state index contributed by atoms with van der Waals surface area (Å²) in [6, 6.07) is 6.08. The zero-order valence-electron chi connectivity index (χ0n) is 9.87. The van der Waals surface area contributed by atoms with Gasteiger partial charge in [-0.1, -0.05) is 0 Å². The molecule has 0 aliphatic heterocycles. The summed E-state index contributed by atoms with van der Waals surface area (Å²) in [4.78, 5) is 0. The van der Waals surface area contributed by atoms with E-state index in [4.69, 9.17) is 14.9 Å². The van der Waals surface area contributed by atoms with Crippen molar-refractivity contribution in [3.8, 4) is 5.75 Å². The third kappa shape index (κ3) is 1.91. The largest absolute Gasteiger partial charge is 0.492 e. The fourth-order valence-electron chi connectivity index (χ4n) is 2.51. The minimum atomic E-state index is 0.534. The molecule has 17 heavy (non-hydrogen) atoms. The Kier molecular flexibility index (Phi) is 2.77. The molecule has 90 valence electrons. The van der Waals surface area contributed by atoms with Gasteiger partial charge in [-0.05, 0) is 31.4 Å². The number of aryl methyl sites for hydroxylation is 2. The molecule has 0 radical (unpaired) electrons. The first-order valence-corrected chi connectivity index (χ1v) is 6.25. The summed E-state index contributed by atoms with van der Waals surface area (Å²) in [5, 5.41) is 1.25. The van der Waals surface area contributed by atoms with E-state index < -0.39 is 0 Å². The third-order valence-corrected chi connectivity index (χ3v) is 3.32. The predicted octanol–water partition coefficient (Wildman–Crippen LogP) is 2.65. The van der Waals surface area contributed by atoms with Crippen LogP contribution in [0.1, 0.15) is 24.2 Å². The van der Waals surface area contributed by atoms with Crippen LogP contribution in [0.3, 0.4) is 0 Å². The van der Waals surface area contributed by atoms with Crippen LogP contribution in [0.2, 0.25) is 0 Å². The Morgan fingerprint density at radius 3 is 3.00 bits per heavy atom. The molecule has 1 aromatic heterocycles. The monoisotopic (exact) mass is 231 g/mol. The highest BCUT2D eigenvalue weighted by Crippen LogP contribution is 2.33. The Bertz CT molecular complexity index is 530. The molecule has 1 aromatic carbocycles. The lowest BCUT2D eigenvalue weighted by Gasteiger charge is -2.08. The zero-order valence-corrected chi connectivity index (χ0v) is 9.87. The third-order valence-electron chi connectivity index (χ3n) is 3.32. The Morgan fingerprint density at radius 2 is 2.12 bits per heavy atom. The van der Waals surface area contributed by atoms with Crippen LogP contribution in [0.15, 0.2) is 22.6 Å². The Morgan fingerprint density at radius 1 is 1.24 bits per heavy atom. The maximum Gasteiger partial charge on any atom is 0.138 e. The molecule has 3 nitrogen and oxygen atoms in total. The number of hydrogen-bond donors (Lipinski definition) is 1. The number of hydrogen-bond acceptors (Lipinski definition) is 3. The van der Waals surface area contributed by atoms with Crippen LogP contribution in [-0.4, -0.2) is 13.2 Å². The van der Waals surface area contributed by atoms with Gasteiger partial charge in [0.2, 0.25) is 0 Å². The standard InChI is InChI=1S/C14H17NO2/c15-7-8-16-10-5-6-12-11-3-1-2-4-13(11)17-14(12)9-10/h5-6,9H,1-4,7-8,15H2. The number of furan rings is 1. The molecule has 2 N–H and O–H groups in total. The summed E-state index contributed by atoms with van der Waals surface area (Å²) < 4.78 is 11.4. The van der Waals surface area contributed by atoms with Crippen molar-refractivity contribution >= 4 is 11.0 Å². The average molecular weight is 231 g/mol. The number of rotatable bonds is 3. The molecule has 0 unspecified atom stereocenters.